The summed E-state index contributed by atoms with van der Waals surface area (Å²) in [7, 11) is 0. The number of halogens is 1. The fourth-order valence-electron chi connectivity index (χ4n) is 3.75. The first kappa shape index (κ1) is 18.4. The van der Waals surface area contributed by atoms with Crippen LogP contribution >= 0.6 is 0 Å². The van der Waals surface area contributed by atoms with Gasteiger partial charge in [0.1, 0.15) is 23.8 Å². The number of nitrogens with zero attached hydrogens (tertiary/aromatic N) is 5. The molecule has 2 fully saturated rings. The minimum atomic E-state index is -0.351. The topological polar surface area (TPSA) is 77.3 Å². The smallest absolute Gasteiger partial charge is 0.147 e. The molecule has 8 heteroatoms. The summed E-state index contributed by atoms with van der Waals surface area (Å²) in [5.41, 5.74) is 0.881. The fourth-order valence-corrected chi connectivity index (χ4v) is 3.75. The van der Waals surface area contributed by atoms with E-state index in [-0.39, 0.29) is 11.9 Å². The molecular formula is C20H23FN6O. The fraction of sp³-hybridized carbons (Fsp3) is 0.450. The Balaban J connectivity index is 1.43. The van der Waals surface area contributed by atoms with Crippen LogP contribution in [0.1, 0.15) is 18.4 Å². The van der Waals surface area contributed by atoms with Gasteiger partial charge in [-0.1, -0.05) is 0 Å². The molecule has 28 heavy (non-hydrogen) atoms. The molecular weight excluding hydrogens is 359 g/mol. The zero-order valence-corrected chi connectivity index (χ0v) is 15.6. The van der Waals surface area contributed by atoms with E-state index in [1.807, 2.05) is 17.0 Å². The molecule has 1 aromatic heterocycles. The molecule has 146 valence electrons. The van der Waals surface area contributed by atoms with Gasteiger partial charge in [0.15, 0.2) is 0 Å². The highest BCUT2D eigenvalue weighted by Gasteiger charge is 2.23. The number of nitriles is 1. The number of rotatable bonds is 4. The zero-order valence-electron chi connectivity index (χ0n) is 15.6. The molecule has 2 aliphatic heterocycles. The third-order valence-corrected chi connectivity index (χ3v) is 5.18. The first-order chi connectivity index (χ1) is 13.7. The molecule has 0 saturated carbocycles. The second kappa shape index (κ2) is 8.40. The summed E-state index contributed by atoms with van der Waals surface area (Å²) in [5.74, 6) is 1.33. The highest BCUT2D eigenvalue weighted by Crippen LogP contribution is 2.25. The van der Waals surface area contributed by atoms with Gasteiger partial charge in [0.25, 0.3) is 0 Å². The van der Waals surface area contributed by atoms with Gasteiger partial charge in [-0.3, -0.25) is 0 Å². The Morgan fingerprint density at radius 1 is 1.14 bits per heavy atom. The van der Waals surface area contributed by atoms with Crippen molar-refractivity contribution < 1.29 is 9.13 Å². The summed E-state index contributed by atoms with van der Waals surface area (Å²) >= 11 is 0. The number of hydrogen-bond donors (Lipinski definition) is 1. The minimum Gasteiger partial charge on any atom is -0.378 e. The van der Waals surface area contributed by atoms with E-state index in [1.54, 1.807) is 18.5 Å². The van der Waals surface area contributed by atoms with Crippen molar-refractivity contribution in [3.63, 3.8) is 0 Å². The second-order valence-corrected chi connectivity index (χ2v) is 7.07. The Morgan fingerprint density at radius 2 is 2.00 bits per heavy atom. The summed E-state index contributed by atoms with van der Waals surface area (Å²) in [6, 6.07) is 8.75. The molecule has 3 heterocycles. The molecule has 2 saturated heterocycles. The molecule has 1 N–H and O–H groups in total. The second-order valence-electron chi connectivity index (χ2n) is 7.07. The van der Waals surface area contributed by atoms with E-state index < -0.39 is 0 Å². The normalized spacial score (nSPS) is 19.9. The van der Waals surface area contributed by atoms with Crippen molar-refractivity contribution in [3.8, 4) is 6.07 Å². The van der Waals surface area contributed by atoms with Crippen LogP contribution in [0.4, 0.5) is 21.7 Å². The average molecular weight is 382 g/mol. The monoisotopic (exact) mass is 382 g/mol. The maximum absolute atomic E-state index is 14.4. The molecule has 2 aliphatic rings. The lowest BCUT2D eigenvalue weighted by atomic mass is 10.0. The summed E-state index contributed by atoms with van der Waals surface area (Å²) in [6.45, 7) is 4.54. The minimum absolute atomic E-state index is 0.163. The van der Waals surface area contributed by atoms with Gasteiger partial charge in [-0.15, -0.1) is 0 Å². The first-order valence-electron chi connectivity index (χ1n) is 9.59. The van der Waals surface area contributed by atoms with Crippen molar-refractivity contribution in [2.75, 3.05) is 54.5 Å². The third-order valence-electron chi connectivity index (χ3n) is 5.18. The van der Waals surface area contributed by atoms with Gasteiger partial charge in [0.05, 0.1) is 30.5 Å². The number of hydrogen-bond acceptors (Lipinski definition) is 7. The van der Waals surface area contributed by atoms with Crippen LogP contribution in [0, 0.1) is 17.1 Å². The van der Waals surface area contributed by atoms with E-state index in [2.05, 4.69) is 20.2 Å². The van der Waals surface area contributed by atoms with Gasteiger partial charge >= 0.3 is 0 Å². The van der Waals surface area contributed by atoms with Gasteiger partial charge in [0.2, 0.25) is 0 Å². The number of nitrogens with one attached hydrogen (secondary N) is 1. The van der Waals surface area contributed by atoms with Crippen LogP contribution < -0.4 is 15.1 Å². The Hall–Kier alpha value is -2.92. The van der Waals surface area contributed by atoms with Gasteiger partial charge < -0.3 is 19.9 Å². The summed E-state index contributed by atoms with van der Waals surface area (Å²) in [6.07, 6.45) is 3.53. The number of piperidine rings is 1. The SMILES string of the molecule is N#Cc1ccc(N2CCCC(Nc3cc(N4CCOCC4)ncn3)C2)c(F)c1. The Labute approximate surface area is 163 Å². The predicted octanol–water partition coefficient (Wildman–Crippen LogP) is 2.40. The van der Waals surface area contributed by atoms with Crippen molar-refractivity contribution in [1.29, 1.82) is 5.26 Å². The first-order valence-corrected chi connectivity index (χ1v) is 9.59. The summed E-state index contributed by atoms with van der Waals surface area (Å²) < 4.78 is 19.8. The molecule has 0 aliphatic carbocycles. The van der Waals surface area contributed by atoms with E-state index in [0.717, 1.165) is 44.1 Å². The number of anilines is 3. The van der Waals surface area contributed by atoms with Crippen molar-refractivity contribution >= 4 is 17.3 Å². The van der Waals surface area contributed by atoms with Crippen LogP contribution in [0.5, 0.6) is 0 Å². The van der Waals surface area contributed by atoms with E-state index in [1.165, 1.54) is 6.07 Å². The number of ether oxygens (including phenoxy) is 1. The summed E-state index contributed by atoms with van der Waals surface area (Å²) in [5, 5.41) is 12.4. The average Bonchev–Trinajstić information content (AvgIpc) is 2.74. The Kier molecular flexibility index (Phi) is 5.53. The van der Waals surface area contributed by atoms with Crippen LogP contribution in [0.2, 0.25) is 0 Å². The van der Waals surface area contributed by atoms with Gasteiger partial charge in [-0.2, -0.15) is 5.26 Å². The highest BCUT2D eigenvalue weighted by molar-refractivity contribution is 5.53. The van der Waals surface area contributed by atoms with Crippen LogP contribution in [0.15, 0.2) is 30.6 Å². The van der Waals surface area contributed by atoms with E-state index in [0.29, 0.717) is 31.0 Å². The molecule has 0 bridgehead atoms. The molecule has 1 unspecified atom stereocenters. The third kappa shape index (κ3) is 4.15. The van der Waals surface area contributed by atoms with Crippen LogP contribution in [0.3, 0.4) is 0 Å². The van der Waals surface area contributed by atoms with Crippen LogP contribution in [0.25, 0.3) is 0 Å². The Morgan fingerprint density at radius 3 is 2.79 bits per heavy atom. The molecule has 4 rings (SSSR count). The largest absolute Gasteiger partial charge is 0.378 e. The Bertz CT molecular complexity index is 864. The quantitative estimate of drug-likeness (QED) is 0.870. The van der Waals surface area contributed by atoms with E-state index in [4.69, 9.17) is 10.00 Å². The molecule has 0 spiro atoms. The van der Waals surface area contributed by atoms with Crippen molar-refractivity contribution in [2.45, 2.75) is 18.9 Å². The van der Waals surface area contributed by atoms with Crippen molar-refractivity contribution in [3.05, 3.63) is 42.0 Å². The van der Waals surface area contributed by atoms with Gasteiger partial charge in [-0.25, -0.2) is 14.4 Å². The molecule has 1 aromatic carbocycles. The standard InChI is InChI=1S/C20H23FN6O/c21-17-10-15(12-22)3-4-18(17)27-5-1-2-16(13-27)25-19-11-20(24-14-23-19)26-6-8-28-9-7-26/h3-4,10-11,14,16H,1-2,5-9,13H2,(H,23,24,25). The summed E-state index contributed by atoms with van der Waals surface area (Å²) in [4.78, 5) is 13.0. The zero-order chi connectivity index (χ0) is 19.3. The van der Waals surface area contributed by atoms with E-state index >= 15 is 0 Å². The van der Waals surface area contributed by atoms with Gasteiger partial charge in [-0.05, 0) is 31.0 Å². The van der Waals surface area contributed by atoms with Crippen molar-refractivity contribution in [1.82, 2.24) is 9.97 Å². The van der Waals surface area contributed by atoms with Crippen molar-refractivity contribution in [2.24, 2.45) is 0 Å². The number of aromatic nitrogens is 2. The molecule has 0 radical (unpaired) electrons. The van der Waals surface area contributed by atoms with Crippen LogP contribution in [-0.2, 0) is 4.74 Å². The number of benzene rings is 1. The predicted molar refractivity (Wildman–Crippen MR) is 105 cm³/mol. The number of morpholine rings is 1. The maximum atomic E-state index is 14.4. The lowest BCUT2D eigenvalue weighted by Gasteiger charge is -2.35. The molecule has 0 amide bonds. The lowest BCUT2D eigenvalue weighted by Crippen LogP contribution is -2.42. The molecule has 7 nitrogen and oxygen atoms in total. The maximum Gasteiger partial charge on any atom is 0.147 e. The molecule has 2 aromatic rings. The van der Waals surface area contributed by atoms with Gasteiger partial charge in [0, 0.05) is 38.3 Å². The van der Waals surface area contributed by atoms with E-state index in [9.17, 15) is 4.39 Å². The highest BCUT2D eigenvalue weighted by atomic mass is 19.1. The molecule has 1 atom stereocenters. The van der Waals surface area contributed by atoms with Crippen LogP contribution in [-0.4, -0.2) is 55.4 Å². The lowest BCUT2D eigenvalue weighted by molar-refractivity contribution is 0.122.